The van der Waals surface area contributed by atoms with Crippen molar-refractivity contribution in [1.82, 2.24) is 15.0 Å². The lowest BCUT2D eigenvalue weighted by Crippen LogP contribution is -2.46. The number of carbonyl (C=O) groups excluding carboxylic acids is 1. The van der Waals surface area contributed by atoms with Crippen LogP contribution in [-0.4, -0.2) is 47.0 Å². The van der Waals surface area contributed by atoms with Crippen LogP contribution < -0.4 is 4.74 Å². The van der Waals surface area contributed by atoms with E-state index in [1.165, 1.54) is 0 Å². The first kappa shape index (κ1) is 18.7. The number of piperidine rings is 1. The fourth-order valence-electron chi connectivity index (χ4n) is 3.13. The van der Waals surface area contributed by atoms with Gasteiger partial charge in [0.2, 0.25) is 17.6 Å². The highest BCUT2D eigenvalue weighted by Gasteiger charge is 2.35. The van der Waals surface area contributed by atoms with Gasteiger partial charge in [-0.3, -0.25) is 4.79 Å². The molecule has 0 radical (unpaired) electrons. The minimum absolute atomic E-state index is 0.0469. The Labute approximate surface area is 158 Å². The third-order valence-electron chi connectivity index (χ3n) is 4.74. The van der Waals surface area contributed by atoms with Crippen LogP contribution in [0.5, 0.6) is 5.75 Å². The lowest BCUT2D eigenvalue weighted by molar-refractivity contribution is -0.140. The lowest BCUT2D eigenvalue weighted by Gasteiger charge is -2.35. The third-order valence-corrected chi connectivity index (χ3v) is 5.41. The summed E-state index contributed by atoms with van der Waals surface area (Å²) >= 11 is 5.96. The van der Waals surface area contributed by atoms with Gasteiger partial charge in [0, 0.05) is 24.5 Å². The SMILES string of the molecule is COc1cccc(-c2noc(C3CCCN(C(=O)C(C)(C)CCl)C3)n2)c1. The number of ether oxygens (including phenoxy) is 1. The fraction of sp³-hybridized carbons (Fsp3) is 0.526. The second kappa shape index (κ2) is 7.66. The molecule has 1 aromatic heterocycles. The zero-order valence-electron chi connectivity index (χ0n) is 15.4. The number of halogens is 1. The van der Waals surface area contributed by atoms with Gasteiger partial charge in [0.05, 0.1) is 18.4 Å². The van der Waals surface area contributed by atoms with Crippen molar-refractivity contribution in [2.45, 2.75) is 32.6 Å². The molecule has 0 bridgehead atoms. The molecule has 140 valence electrons. The molecule has 1 fully saturated rings. The molecule has 6 nitrogen and oxygen atoms in total. The Balaban J connectivity index is 1.75. The number of amides is 1. The van der Waals surface area contributed by atoms with Gasteiger partial charge >= 0.3 is 0 Å². The van der Waals surface area contributed by atoms with E-state index < -0.39 is 5.41 Å². The van der Waals surface area contributed by atoms with Gasteiger partial charge in [-0.1, -0.05) is 17.3 Å². The van der Waals surface area contributed by atoms with Crippen LogP contribution in [0, 0.1) is 5.41 Å². The molecule has 0 aliphatic carbocycles. The number of nitrogens with zero attached hydrogens (tertiary/aromatic N) is 3. The predicted molar refractivity (Wildman–Crippen MR) is 99.3 cm³/mol. The maximum absolute atomic E-state index is 12.7. The molecule has 1 atom stereocenters. The standard InChI is InChI=1S/C19H24ClN3O3/c1-19(2,12-20)18(24)23-9-5-7-14(11-23)17-21-16(22-26-17)13-6-4-8-15(10-13)25-3/h4,6,8,10,14H,5,7,9,11-12H2,1-3H3. The van der Waals surface area contributed by atoms with Crippen molar-refractivity contribution in [2.75, 3.05) is 26.1 Å². The average Bonchev–Trinajstić information content (AvgIpc) is 3.18. The summed E-state index contributed by atoms with van der Waals surface area (Å²) in [6.45, 7) is 5.07. The van der Waals surface area contributed by atoms with Crippen molar-refractivity contribution in [2.24, 2.45) is 5.41 Å². The van der Waals surface area contributed by atoms with Gasteiger partial charge in [-0.15, -0.1) is 11.6 Å². The van der Waals surface area contributed by atoms with Crippen molar-refractivity contribution >= 4 is 17.5 Å². The first-order valence-electron chi connectivity index (χ1n) is 8.78. The molecular formula is C19H24ClN3O3. The van der Waals surface area contributed by atoms with Crippen molar-refractivity contribution in [3.05, 3.63) is 30.2 Å². The number of likely N-dealkylation sites (tertiary alicyclic amines) is 1. The summed E-state index contributed by atoms with van der Waals surface area (Å²) in [6, 6.07) is 7.54. The number of hydrogen-bond acceptors (Lipinski definition) is 5. The molecule has 1 aliphatic heterocycles. The summed E-state index contributed by atoms with van der Waals surface area (Å²) in [5.41, 5.74) is 0.274. The fourth-order valence-corrected chi connectivity index (χ4v) is 3.24. The predicted octanol–water partition coefficient (Wildman–Crippen LogP) is 3.72. The second-order valence-corrected chi connectivity index (χ2v) is 7.56. The average molecular weight is 378 g/mol. The summed E-state index contributed by atoms with van der Waals surface area (Å²) < 4.78 is 10.7. The largest absolute Gasteiger partial charge is 0.497 e. The second-order valence-electron chi connectivity index (χ2n) is 7.30. The van der Waals surface area contributed by atoms with E-state index in [1.54, 1.807) is 7.11 Å². The molecule has 0 spiro atoms. The monoisotopic (exact) mass is 377 g/mol. The summed E-state index contributed by atoms with van der Waals surface area (Å²) in [5.74, 6) is 2.27. The van der Waals surface area contributed by atoms with Crippen LogP contribution in [0.15, 0.2) is 28.8 Å². The van der Waals surface area contributed by atoms with Gasteiger partial charge in [-0.25, -0.2) is 0 Å². The molecule has 7 heteroatoms. The van der Waals surface area contributed by atoms with E-state index in [0.29, 0.717) is 24.1 Å². The van der Waals surface area contributed by atoms with Crippen molar-refractivity contribution in [3.63, 3.8) is 0 Å². The summed E-state index contributed by atoms with van der Waals surface area (Å²) in [5, 5.41) is 4.11. The maximum atomic E-state index is 12.7. The molecule has 1 aliphatic rings. The number of alkyl halides is 1. The van der Waals surface area contributed by atoms with E-state index in [0.717, 1.165) is 30.7 Å². The van der Waals surface area contributed by atoms with E-state index in [9.17, 15) is 4.79 Å². The number of hydrogen-bond donors (Lipinski definition) is 0. The Morgan fingerprint density at radius 1 is 1.46 bits per heavy atom. The molecule has 1 aromatic carbocycles. The first-order chi connectivity index (χ1) is 12.4. The number of methoxy groups -OCH3 is 1. The van der Waals surface area contributed by atoms with Gasteiger partial charge in [0.25, 0.3) is 0 Å². The minimum atomic E-state index is -0.565. The molecular weight excluding hydrogens is 354 g/mol. The lowest BCUT2D eigenvalue weighted by atomic mass is 9.91. The van der Waals surface area contributed by atoms with Crippen LogP contribution in [0.2, 0.25) is 0 Å². The quantitative estimate of drug-likeness (QED) is 0.743. The summed E-state index contributed by atoms with van der Waals surface area (Å²) in [4.78, 5) is 19.1. The molecule has 1 saturated heterocycles. The maximum Gasteiger partial charge on any atom is 0.231 e. The van der Waals surface area contributed by atoms with E-state index in [4.69, 9.17) is 20.9 Å². The molecule has 1 amide bonds. The molecule has 0 saturated carbocycles. The smallest absolute Gasteiger partial charge is 0.231 e. The van der Waals surface area contributed by atoms with Crippen LogP contribution in [0.3, 0.4) is 0 Å². The van der Waals surface area contributed by atoms with Crippen molar-refractivity contribution in [3.8, 4) is 17.1 Å². The summed E-state index contributed by atoms with van der Waals surface area (Å²) in [6.07, 6.45) is 1.83. The highest BCUT2D eigenvalue weighted by Crippen LogP contribution is 2.31. The topological polar surface area (TPSA) is 68.5 Å². The first-order valence-corrected chi connectivity index (χ1v) is 9.31. The number of carbonyl (C=O) groups is 1. The molecule has 2 aromatic rings. The van der Waals surface area contributed by atoms with E-state index in [2.05, 4.69) is 10.1 Å². The van der Waals surface area contributed by atoms with Crippen molar-refractivity contribution in [1.29, 1.82) is 0 Å². The van der Waals surface area contributed by atoms with Gasteiger partial charge in [-0.2, -0.15) is 4.98 Å². The van der Waals surface area contributed by atoms with E-state index in [1.807, 2.05) is 43.0 Å². The third kappa shape index (κ3) is 3.85. The normalized spacial score (nSPS) is 18.0. The van der Waals surface area contributed by atoms with Crippen LogP contribution in [-0.2, 0) is 4.79 Å². The Hall–Kier alpha value is -2.08. The van der Waals surface area contributed by atoms with Crippen LogP contribution >= 0.6 is 11.6 Å². The van der Waals surface area contributed by atoms with E-state index >= 15 is 0 Å². The zero-order chi connectivity index (χ0) is 18.7. The van der Waals surface area contributed by atoms with Gasteiger partial charge in [0.1, 0.15) is 5.75 Å². The molecule has 3 rings (SSSR count). The highest BCUT2D eigenvalue weighted by atomic mass is 35.5. The molecule has 0 N–H and O–H groups in total. The Morgan fingerprint density at radius 3 is 3.00 bits per heavy atom. The zero-order valence-corrected chi connectivity index (χ0v) is 16.1. The summed E-state index contributed by atoms with van der Waals surface area (Å²) in [7, 11) is 1.62. The number of benzene rings is 1. The van der Waals surface area contributed by atoms with Gasteiger partial charge < -0.3 is 14.2 Å². The highest BCUT2D eigenvalue weighted by molar-refractivity contribution is 6.19. The van der Waals surface area contributed by atoms with Gasteiger partial charge in [0.15, 0.2) is 0 Å². The van der Waals surface area contributed by atoms with Crippen LogP contribution in [0.4, 0.5) is 0 Å². The van der Waals surface area contributed by atoms with Crippen molar-refractivity contribution < 1.29 is 14.1 Å². The molecule has 1 unspecified atom stereocenters. The Kier molecular flexibility index (Phi) is 5.51. The Morgan fingerprint density at radius 2 is 2.27 bits per heavy atom. The number of rotatable bonds is 5. The number of aromatic nitrogens is 2. The Bertz CT molecular complexity index is 775. The van der Waals surface area contributed by atoms with Crippen LogP contribution in [0.25, 0.3) is 11.4 Å². The van der Waals surface area contributed by atoms with Crippen LogP contribution in [0.1, 0.15) is 38.5 Å². The van der Waals surface area contributed by atoms with E-state index in [-0.39, 0.29) is 11.8 Å². The molecule has 2 heterocycles. The van der Waals surface area contributed by atoms with Gasteiger partial charge in [-0.05, 0) is 38.8 Å². The minimum Gasteiger partial charge on any atom is -0.497 e. The molecule has 26 heavy (non-hydrogen) atoms.